The number of amides is 1. The van der Waals surface area contributed by atoms with Crippen LogP contribution in [0.5, 0.6) is 0 Å². The van der Waals surface area contributed by atoms with E-state index in [1.165, 1.54) is 0 Å². The lowest BCUT2D eigenvalue weighted by molar-refractivity contribution is 0.0779. The lowest BCUT2D eigenvalue weighted by Crippen LogP contribution is -2.26. The number of carbonyl (C=O) groups is 1. The summed E-state index contributed by atoms with van der Waals surface area (Å²) < 4.78 is 1.79. The third kappa shape index (κ3) is 3.11. The van der Waals surface area contributed by atoms with Gasteiger partial charge < -0.3 is 4.90 Å². The van der Waals surface area contributed by atoms with Crippen molar-refractivity contribution in [3.8, 4) is 0 Å². The van der Waals surface area contributed by atoms with Crippen LogP contribution in [0.4, 0.5) is 0 Å². The zero-order valence-electron chi connectivity index (χ0n) is 11.3. The van der Waals surface area contributed by atoms with Crippen LogP contribution in [-0.2, 0) is 6.54 Å². The lowest BCUT2D eigenvalue weighted by Gasteiger charge is -2.14. The van der Waals surface area contributed by atoms with Crippen molar-refractivity contribution in [1.29, 1.82) is 0 Å². The third-order valence-corrected chi connectivity index (χ3v) is 4.45. The molecule has 0 spiro atoms. The van der Waals surface area contributed by atoms with Crippen LogP contribution in [0.3, 0.4) is 0 Å². The van der Waals surface area contributed by atoms with Gasteiger partial charge >= 0.3 is 0 Å². The summed E-state index contributed by atoms with van der Waals surface area (Å²) in [6.07, 6.45) is 0. The summed E-state index contributed by atoms with van der Waals surface area (Å²) in [7, 11) is 1.76. The first-order chi connectivity index (χ1) is 10.1. The molecule has 6 heteroatoms. The van der Waals surface area contributed by atoms with Crippen LogP contribution in [0.2, 0.25) is 0 Å². The standard InChI is InChI=1S/C15H12BrN3OS/c1-19(15(20)11-6-4-8-13(16)17-11)9-14-18-10-5-2-3-7-12(10)21-14/h2-8H,9H2,1H3. The average Bonchev–Trinajstić information content (AvgIpc) is 2.88. The predicted molar refractivity (Wildman–Crippen MR) is 87.4 cm³/mol. The van der Waals surface area contributed by atoms with E-state index in [0.29, 0.717) is 16.8 Å². The summed E-state index contributed by atoms with van der Waals surface area (Å²) in [5, 5.41) is 0.919. The minimum Gasteiger partial charge on any atom is -0.334 e. The first-order valence-corrected chi connectivity index (χ1v) is 7.97. The van der Waals surface area contributed by atoms with Crippen LogP contribution >= 0.6 is 27.3 Å². The predicted octanol–water partition coefficient (Wildman–Crippen LogP) is 3.73. The monoisotopic (exact) mass is 361 g/mol. The van der Waals surface area contributed by atoms with Crippen LogP contribution in [-0.4, -0.2) is 27.8 Å². The molecular weight excluding hydrogens is 350 g/mol. The number of pyridine rings is 1. The summed E-state index contributed by atoms with van der Waals surface area (Å²) in [5.41, 5.74) is 1.40. The Morgan fingerprint density at radius 1 is 1.19 bits per heavy atom. The van der Waals surface area contributed by atoms with Crippen LogP contribution < -0.4 is 0 Å². The highest BCUT2D eigenvalue weighted by Crippen LogP contribution is 2.22. The summed E-state index contributed by atoms with van der Waals surface area (Å²) in [4.78, 5) is 22.7. The lowest BCUT2D eigenvalue weighted by atomic mass is 10.3. The molecule has 0 N–H and O–H groups in total. The molecule has 2 heterocycles. The fourth-order valence-electron chi connectivity index (χ4n) is 1.99. The van der Waals surface area contributed by atoms with Gasteiger partial charge in [0.2, 0.25) is 0 Å². The van der Waals surface area contributed by atoms with Crippen molar-refractivity contribution < 1.29 is 4.79 Å². The number of aromatic nitrogens is 2. The molecule has 2 aromatic heterocycles. The number of halogens is 1. The second kappa shape index (κ2) is 5.91. The summed E-state index contributed by atoms with van der Waals surface area (Å²) >= 11 is 4.88. The van der Waals surface area contributed by atoms with E-state index in [4.69, 9.17) is 0 Å². The number of nitrogens with zero attached hydrogens (tertiary/aromatic N) is 3. The van der Waals surface area contributed by atoms with Gasteiger partial charge in [-0.2, -0.15) is 0 Å². The topological polar surface area (TPSA) is 46.1 Å². The highest BCUT2D eigenvalue weighted by atomic mass is 79.9. The first kappa shape index (κ1) is 14.2. The van der Waals surface area contributed by atoms with Crippen LogP contribution in [0.1, 0.15) is 15.5 Å². The molecule has 0 aliphatic carbocycles. The minimum absolute atomic E-state index is 0.115. The molecule has 0 atom stereocenters. The number of hydrogen-bond acceptors (Lipinski definition) is 4. The number of para-hydroxylation sites is 1. The van der Waals surface area contributed by atoms with Gasteiger partial charge in [0.05, 0.1) is 16.8 Å². The molecule has 4 nitrogen and oxygen atoms in total. The summed E-state index contributed by atoms with van der Waals surface area (Å²) in [5.74, 6) is -0.115. The van der Waals surface area contributed by atoms with Gasteiger partial charge in [-0.1, -0.05) is 18.2 Å². The Labute approximate surface area is 134 Å². The Balaban J connectivity index is 1.79. The minimum atomic E-state index is -0.115. The van der Waals surface area contributed by atoms with E-state index in [9.17, 15) is 4.79 Å². The maximum atomic E-state index is 12.3. The van der Waals surface area contributed by atoms with E-state index >= 15 is 0 Å². The molecule has 1 amide bonds. The Kier molecular flexibility index (Phi) is 3.98. The Hall–Kier alpha value is -1.79. The summed E-state index contributed by atoms with van der Waals surface area (Å²) in [6.45, 7) is 0.479. The Bertz CT molecular complexity index is 769. The van der Waals surface area contributed by atoms with E-state index in [1.54, 1.807) is 41.5 Å². The van der Waals surface area contributed by atoms with Gasteiger partial charge in [0.1, 0.15) is 15.3 Å². The number of fused-ring (bicyclic) bond motifs is 1. The van der Waals surface area contributed by atoms with Crippen molar-refractivity contribution in [2.75, 3.05) is 7.05 Å². The molecule has 0 saturated carbocycles. The van der Waals surface area contributed by atoms with E-state index in [2.05, 4.69) is 25.9 Å². The first-order valence-electron chi connectivity index (χ1n) is 6.36. The quantitative estimate of drug-likeness (QED) is 0.667. The molecule has 1 aromatic carbocycles. The molecular formula is C15H12BrN3OS. The van der Waals surface area contributed by atoms with E-state index in [0.717, 1.165) is 15.2 Å². The Morgan fingerprint density at radius 2 is 2.00 bits per heavy atom. The normalized spacial score (nSPS) is 10.8. The highest BCUT2D eigenvalue weighted by molar-refractivity contribution is 9.10. The van der Waals surface area contributed by atoms with Crippen molar-refractivity contribution in [2.45, 2.75) is 6.54 Å². The molecule has 0 aliphatic rings. The van der Waals surface area contributed by atoms with Gasteiger partial charge in [0, 0.05) is 7.05 Å². The van der Waals surface area contributed by atoms with Crippen molar-refractivity contribution in [2.24, 2.45) is 0 Å². The molecule has 0 bridgehead atoms. The van der Waals surface area contributed by atoms with Crippen molar-refractivity contribution >= 4 is 43.4 Å². The number of thiazole rings is 1. The average molecular weight is 362 g/mol. The maximum absolute atomic E-state index is 12.3. The second-order valence-corrected chi connectivity index (χ2v) is 6.51. The van der Waals surface area contributed by atoms with E-state index in [1.807, 2.05) is 24.3 Å². The van der Waals surface area contributed by atoms with Gasteiger partial charge in [-0.25, -0.2) is 9.97 Å². The third-order valence-electron chi connectivity index (χ3n) is 2.99. The molecule has 3 rings (SSSR count). The smallest absolute Gasteiger partial charge is 0.272 e. The van der Waals surface area contributed by atoms with Crippen LogP contribution in [0, 0.1) is 0 Å². The van der Waals surface area contributed by atoms with Crippen LogP contribution in [0.25, 0.3) is 10.2 Å². The summed E-state index contributed by atoms with van der Waals surface area (Å²) in [6, 6.07) is 13.3. The van der Waals surface area contributed by atoms with Gasteiger partial charge in [-0.15, -0.1) is 11.3 Å². The van der Waals surface area contributed by atoms with Crippen LogP contribution in [0.15, 0.2) is 47.1 Å². The zero-order valence-corrected chi connectivity index (χ0v) is 13.7. The molecule has 0 unspecified atom stereocenters. The second-order valence-electron chi connectivity index (χ2n) is 4.58. The fraction of sp³-hybridized carbons (Fsp3) is 0.133. The highest BCUT2D eigenvalue weighted by Gasteiger charge is 2.15. The molecule has 106 valence electrons. The molecule has 0 aliphatic heterocycles. The van der Waals surface area contributed by atoms with Crippen molar-refractivity contribution in [3.63, 3.8) is 0 Å². The van der Waals surface area contributed by atoms with Gasteiger partial charge in [-0.05, 0) is 40.2 Å². The number of benzene rings is 1. The van der Waals surface area contributed by atoms with Crippen molar-refractivity contribution in [3.05, 3.63) is 57.8 Å². The molecule has 21 heavy (non-hydrogen) atoms. The molecule has 0 radical (unpaired) electrons. The van der Waals surface area contributed by atoms with Gasteiger partial charge in [0.15, 0.2) is 0 Å². The Morgan fingerprint density at radius 3 is 2.76 bits per heavy atom. The van der Waals surface area contributed by atoms with Gasteiger partial charge in [0.25, 0.3) is 5.91 Å². The van der Waals surface area contributed by atoms with Crippen molar-refractivity contribution in [1.82, 2.24) is 14.9 Å². The van der Waals surface area contributed by atoms with E-state index in [-0.39, 0.29) is 5.91 Å². The SMILES string of the molecule is CN(Cc1nc2ccccc2s1)C(=O)c1cccc(Br)n1. The largest absolute Gasteiger partial charge is 0.334 e. The van der Waals surface area contributed by atoms with Gasteiger partial charge in [-0.3, -0.25) is 4.79 Å². The molecule has 0 saturated heterocycles. The fourth-order valence-corrected chi connectivity index (χ4v) is 3.35. The van der Waals surface area contributed by atoms with E-state index < -0.39 is 0 Å². The zero-order chi connectivity index (χ0) is 14.8. The molecule has 0 fully saturated rings. The number of carbonyl (C=O) groups excluding carboxylic acids is 1. The number of rotatable bonds is 3. The maximum Gasteiger partial charge on any atom is 0.272 e. The molecule has 3 aromatic rings. The number of hydrogen-bond donors (Lipinski definition) is 0.